The Morgan fingerprint density at radius 2 is 2.38 bits per heavy atom. The fourth-order valence-electron chi connectivity index (χ4n) is 1.98. The van der Waals surface area contributed by atoms with E-state index < -0.39 is 0 Å². The maximum atomic E-state index is 6.42. The van der Waals surface area contributed by atoms with Crippen LogP contribution < -0.4 is 5.73 Å². The second kappa shape index (κ2) is 4.43. The molecule has 3 nitrogen and oxygen atoms in total. The van der Waals surface area contributed by atoms with Crippen LogP contribution in [0.1, 0.15) is 43.8 Å². The lowest BCUT2D eigenvalue weighted by Gasteiger charge is -2.28. The van der Waals surface area contributed by atoms with Gasteiger partial charge in [0.1, 0.15) is 5.01 Å². The minimum absolute atomic E-state index is 0.339. The summed E-state index contributed by atoms with van der Waals surface area (Å²) in [6.45, 7) is 8.00. The van der Waals surface area contributed by atoms with Crippen molar-refractivity contribution in [1.29, 1.82) is 0 Å². The lowest BCUT2D eigenvalue weighted by Crippen LogP contribution is -2.41. The van der Waals surface area contributed by atoms with E-state index in [0.717, 1.165) is 30.3 Å². The van der Waals surface area contributed by atoms with Gasteiger partial charge in [0.25, 0.3) is 0 Å². The summed E-state index contributed by atoms with van der Waals surface area (Å²) >= 11 is 1.68. The molecule has 90 valence electrons. The number of nitrogens with two attached hydrogens (primary N) is 1. The van der Waals surface area contributed by atoms with Crippen LogP contribution in [0.4, 0.5) is 0 Å². The fraction of sp³-hybridized carbons (Fsp3) is 0.750. The van der Waals surface area contributed by atoms with E-state index in [0.29, 0.717) is 11.8 Å². The molecule has 0 radical (unpaired) electrons. The maximum absolute atomic E-state index is 6.42. The highest BCUT2D eigenvalue weighted by Crippen LogP contribution is 2.35. The monoisotopic (exact) mass is 240 g/mol. The molecule has 1 saturated heterocycles. The van der Waals surface area contributed by atoms with Gasteiger partial charge in [-0.15, -0.1) is 11.3 Å². The third kappa shape index (κ3) is 2.14. The normalized spacial score (nSPS) is 24.9. The summed E-state index contributed by atoms with van der Waals surface area (Å²) < 4.78 is 5.42. The van der Waals surface area contributed by atoms with Gasteiger partial charge in [-0.1, -0.05) is 13.8 Å². The molecule has 0 aromatic carbocycles. The van der Waals surface area contributed by atoms with Gasteiger partial charge in [0.15, 0.2) is 0 Å². The Bertz CT molecular complexity index is 354. The van der Waals surface area contributed by atoms with Gasteiger partial charge >= 0.3 is 0 Å². The number of rotatable bonds is 3. The molecular formula is C12H20N2OS. The summed E-state index contributed by atoms with van der Waals surface area (Å²) in [6.07, 6.45) is 1.05. The molecule has 1 fully saturated rings. The molecule has 1 aromatic heterocycles. The van der Waals surface area contributed by atoms with E-state index in [1.54, 1.807) is 11.3 Å². The topological polar surface area (TPSA) is 48.1 Å². The van der Waals surface area contributed by atoms with Gasteiger partial charge in [0, 0.05) is 17.9 Å². The highest BCUT2D eigenvalue weighted by molar-refractivity contribution is 7.09. The van der Waals surface area contributed by atoms with Gasteiger partial charge in [-0.05, 0) is 19.3 Å². The Hall–Kier alpha value is -0.450. The standard InChI is InChI=1S/C12H20N2OS/c1-8(2)10-7-16-11(14-10)12(3,13)9-4-5-15-6-9/h7-9H,4-6,13H2,1-3H3. The molecule has 1 aliphatic rings. The first-order valence-electron chi connectivity index (χ1n) is 5.84. The van der Waals surface area contributed by atoms with E-state index in [4.69, 9.17) is 10.5 Å². The Kier molecular flexibility index (Phi) is 3.33. The second-order valence-electron chi connectivity index (χ2n) is 5.08. The third-order valence-electron chi connectivity index (χ3n) is 3.35. The number of nitrogens with zero attached hydrogens (tertiary/aromatic N) is 1. The van der Waals surface area contributed by atoms with Gasteiger partial charge in [-0.2, -0.15) is 0 Å². The second-order valence-corrected chi connectivity index (χ2v) is 5.93. The van der Waals surface area contributed by atoms with Crippen LogP contribution >= 0.6 is 11.3 Å². The van der Waals surface area contributed by atoms with Crippen molar-refractivity contribution in [1.82, 2.24) is 4.98 Å². The van der Waals surface area contributed by atoms with Crippen molar-refractivity contribution in [2.75, 3.05) is 13.2 Å². The van der Waals surface area contributed by atoms with Crippen LogP contribution in [0.3, 0.4) is 0 Å². The summed E-state index contributed by atoms with van der Waals surface area (Å²) in [5, 5.41) is 3.17. The number of hydrogen-bond acceptors (Lipinski definition) is 4. The number of ether oxygens (including phenoxy) is 1. The zero-order chi connectivity index (χ0) is 11.8. The van der Waals surface area contributed by atoms with Crippen molar-refractivity contribution < 1.29 is 4.74 Å². The first kappa shape index (κ1) is 12.0. The molecule has 4 heteroatoms. The van der Waals surface area contributed by atoms with Crippen molar-refractivity contribution in [3.8, 4) is 0 Å². The molecule has 2 heterocycles. The smallest absolute Gasteiger partial charge is 0.113 e. The highest BCUT2D eigenvalue weighted by Gasteiger charge is 2.37. The van der Waals surface area contributed by atoms with Gasteiger partial charge in [-0.25, -0.2) is 4.98 Å². The molecule has 0 saturated carbocycles. The molecule has 1 aromatic rings. The Labute approximate surface area is 101 Å². The minimum atomic E-state index is -0.339. The predicted molar refractivity (Wildman–Crippen MR) is 66.7 cm³/mol. The first-order valence-corrected chi connectivity index (χ1v) is 6.72. The number of thiazole rings is 1. The summed E-state index contributed by atoms with van der Waals surface area (Å²) in [5.74, 6) is 0.874. The van der Waals surface area contributed by atoms with Crippen LogP contribution in [0.25, 0.3) is 0 Å². The van der Waals surface area contributed by atoms with Crippen LogP contribution in [0, 0.1) is 5.92 Å². The minimum Gasteiger partial charge on any atom is -0.381 e. The molecule has 0 aliphatic carbocycles. The van der Waals surface area contributed by atoms with Gasteiger partial charge in [-0.3, -0.25) is 0 Å². The summed E-state index contributed by atoms with van der Waals surface area (Å²) in [5.41, 5.74) is 7.23. The van der Waals surface area contributed by atoms with Gasteiger partial charge in [0.2, 0.25) is 0 Å². The van der Waals surface area contributed by atoms with Crippen LogP contribution in [-0.4, -0.2) is 18.2 Å². The zero-order valence-electron chi connectivity index (χ0n) is 10.2. The summed E-state index contributed by atoms with van der Waals surface area (Å²) in [4.78, 5) is 4.66. The Morgan fingerprint density at radius 3 is 2.88 bits per heavy atom. The van der Waals surface area contributed by atoms with Crippen LogP contribution in [-0.2, 0) is 10.3 Å². The average Bonchev–Trinajstić information content (AvgIpc) is 2.90. The van der Waals surface area contributed by atoms with E-state index in [1.807, 2.05) is 0 Å². The first-order chi connectivity index (χ1) is 7.51. The maximum Gasteiger partial charge on any atom is 0.113 e. The largest absolute Gasteiger partial charge is 0.381 e. The lowest BCUT2D eigenvalue weighted by molar-refractivity contribution is 0.166. The molecule has 16 heavy (non-hydrogen) atoms. The molecule has 0 amide bonds. The van der Waals surface area contributed by atoms with E-state index in [2.05, 4.69) is 31.1 Å². The molecule has 2 N–H and O–H groups in total. The lowest BCUT2D eigenvalue weighted by atomic mass is 9.86. The summed E-state index contributed by atoms with van der Waals surface area (Å²) in [6, 6.07) is 0. The number of hydrogen-bond donors (Lipinski definition) is 1. The van der Waals surface area contributed by atoms with E-state index in [-0.39, 0.29) is 5.54 Å². The van der Waals surface area contributed by atoms with Crippen molar-refractivity contribution in [3.05, 3.63) is 16.1 Å². The Morgan fingerprint density at radius 1 is 1.62 bits per heavy atom. The van der Waals surface area contributed by atoms with Crippen molar-refractivity contribution in [2.45, 2.75) is 38.6 Å². The van der Waals surface area contributed by atoms with Crippen LogP contribution in [0.5, 0.6) is 0 Å². The molecule has 2 rings (SSSR count). The molecular weight excluding hydrogens is 220 g/mol. The van der Waals surface area contributed by atoms with Crippen molar-refractivity contribution in [3.63, 3.8) is 0 Å². The quantitative estimate of drug-likeness (QED) is 0.883. The highest BCUT2D eigenvalue weighted by atomic mass is 32.1. The molecule has 0 bridgehead atoms. The molecule has 2 unspecified atom stereocenters. The third-order valence-corrected chi connectivity index (χ3v) is 4.47. The van der Waals surface area contributed by atoms with Crippen molar-refractivity contribution >= 4 is 11.3 Å². The SMILES string of the molecule is CC(C)c1csc(C(C)(N)C2CCOC2)n1. The molecule has 1 aliphatic heterocycles. The molecule has 0 spiro atoms. The van der Waals surface area contributed by atoms with Crippen molar-refractivity contribution in [2.24, 2.45) is 11.7 Å². The van der Waals surface area contributed by atoms with E-state index in [9.17, 15) is 0 Å². The van der Waals surface area contributed by atoms with E-state index >= 15 is 0 Å². The average molecular weight is 240 g/mol. The van der Waals surface area contributed by atoms with Gasteiger partial charge < -0.3 is 10.5 Å². The van der Waals surface area contributed by atoms with E-state index in [1.165, 1.54) is 0 Å². The Balaban J connectivity index is 2.20. The predicted octanol–water partition coefficient (Wildman–Crippen LogP) is 2.48. The van der Waals surface area contributed by atoms with Gasteiger partial charge in [0.05, 0.1) is 17.8 Å². The number of aromatic nitrogens is 1. The van der Waals surface area contributed by atoms with Crippen LogP contribution in [0.2, 0.25) is 0 Å². The van der Waals surface area contributed by atoms with Crippen LogP contribution in [0.15, 0.2) is 5.38 Å². The molecule has 2 atom stereocenters. The summed E-state index contributed by atoms with van der Waals surface area (Å²) in [7, 11) is 0. The fourth-order valence-corrected chi connectivity index (χ4v) is 3.12. The zero-order valence-corrected chi connectivity index (χ0v) is 11.0.